The van der Waals surface area contributed by atoms with Gasteiger partial charge in [0.2, 0.25) is 20.0 Å². The fourth-order valence-corrected chi connectivity index (χ4v) is 2.98. The summed E-state index contributed by atoms with van der Waals surface area (Å²) in [5.74, 6) is -0.256. The summed E-state index contributed by atoms with van der Waals surface area (Å²) in [7, 11) is -5.44. The number of hydrogen-bond acceptors (Lipinski definition) is 5. The first kappa shape index (κ1) is 15.9. The van der Waals surface area contributed by atoms with Gasteiger partial charge in [-0.05, 0) is 30.7 Å². The van der Waals surface area contributed by atoms with Crippen LogP contribution in [0.25, 0.3) is 0 Å². The van der Waals surface area contributed by atoms with Gasteiger partial charge in [0, 0.05) is 19.3 Å². The van der Waals surface area contributed by atoms with Crippen molar-refractivity contribution in [2.75, 3.05) is 24.7 Å². The molecule has 0 heterocycles. The van der Waals surface area contributed by atoms with E-state index in [1.165, 1.54) is 12.1 Å². The predicted molar refractivity (Wildman–Crippen MR) is 73.8 cm³/mol. The van der Waals surface area contributed by atoms with Crippen molar-refractivity contribution in [2.24, 2.45) is 5.14 Å². The molecular weight excluding hydrogens is 290 g/mol. The van der Waals surface area contributed by atoms with Gasteiger partial charge in [0.25, 0.3) is 0 Å². The van der Waals surface area contributed by atoms with Gasteiger partial charge in [-0.15, -0.1) is 0 Å². The summed E-state index contributed by atoms with van der Waals surface area (Å²) in [6.07, 6.45) is 0.132. The maximum Gasteiger partial charge on any atom is 0.240 e. The Kier molecular flexibility index (Phi) is 5.29. The van der Waals surface area contributed by atoms with Crippen LogP contribution >= 0.6 is 0 Å². The van der Waals surface area contributed by atoms with Crippen molar-refractivity contribution in [3.63, 3.8) is 0 Å². The van der Waals surface area contributed by atoms with Crippen LogP contribution in [0.5, 0.6) is 0 Å². The molecule has 0 fully saturated rings. The molecule has 19 heavy (non-hydrogen) atoms. The Hall–Kier alpha value is -1.16. The molecule has 0 unspecified atom stereocenters. The van der Waals surface area contributed by atoms with E-state index in [0.29, 0.717) is 0 Å². The minimum absolute atomic E-state index is 0.0204. The third-order valence-corrected chi connectivity index (χ3v) is 4.69. The molecule has 1 aromatic rings. The van der Waals surface area contributed by atoms with Crippen LogP contribution in [0.4, 0.5) is 5.69 Å². The van der Waals surface area contributed by atoms with Crippen LogP contribution in [0, 0.1) is 0 Å². The van der Waals surface area contributed by atoms with Crippen LogP contribution < -0.4 is 15.2 Å². The van der Waals surface area contributed by atoms with Crippen molar-refractivity contribution >= 4 is 25.7 Å². The van der Waals surface area contributed by atoms with E-state index in [9.17, 15) is 16.8 Å². The Labute approximate surface area is 113 Å². The number of hydrogen-bond donors (Lipinski definition) is 3. The van der Waals surface area contributed by atoms with E-state index in [1.54, 1.807) is 19.2 Å². The number of anilines is 1. The van der Waals surface area contributed by atoms with E-state index in [1.807, 2.05) is 0 Å². The van der Waals surface area contributed by atoms with E-state index in [-0.39, 0.29) is 23.6 Å². The molecule has 0 saturated heterocycles. The highest BCUT2D eigenvalue weighted by molar-refractivity contribution is 7.89. The lowest BCUT2D eigenvalue weighted by molar-refractivity contribution is 0.576. The SMILES string of the molecule is CNc1ccc(S(=O)(=O)NCCCS(N)(=O)=O)cc1. The van der Waals surface area contributed by atoms with Gasteiger partial charge in [0.05, 0.1) is 10.6 Å². The summed E-state index contributed by atoms with van der Waals surface area (Å²) in [4.78, 5) is 0.127. The maximum atomic E-state index is 11.8. The molecule has 0 aliphatic carbocycles. The molecule has 9 heteroatoms. The van der Waals surface area contributed by atoms with Crippen LogP contribution in [0.2, 0.25) is 0 Å². The smallest absolute Gasteiger partial charge is 0.240 e. The summed E-state index contributed by atoms with van der Waals surface area (Å²) < 4.78 is 47.4. The number of nitrogens with one attached hydrogen (secondary N) is 2. The van der Waals surface area contributed by atoms with Crippen molar-refractivity contribution in [1.82, 2.24) is 4.72 Å². The molecule has 0 spiro atoms. The summed E-state index contributed by atoms with van der Waals surface area (Å²) in [5, 5.41) is 7.70. The lowest BCUT2D eigenvalue weighted by atomic mass is 10.3. The zero-order chi connectivity index (χ0) is 14.5. The maximum absolute atomic E-state index is 11.8. The van der Waals surface area contributed by atoms with E-state index >= 15 is 0 Å². The third-order valence-electron chi connectivity index (χ3n) is 2.35. The highest BCUT2D eigenvalue weighted by atomic mass is 32.2. The van der Waals surface area contributed by atoms with Gasteiger partial charge < -0.3 is 5.32 Å². The molecule has 7 nitrogen and oxygen atoms in total. The molecule has 1 aromatic carbocycles. The molecule has 1 rings (SSSR count). The highest BCUT2D eigenvalue weighted by Crippen LogP contribution is 2.13. The first-order chi connectivity index (χ1) is 8.74. The second-order valence-electron chi connectivity index (χ2n) is 3.89. The molecule has 0 amide bonds. The molecule has 4 N–H and O–H groups in total. The molecule has 0 atom stereocenters. The first-order valence-corrected chi connectivity index (χ1v) is 8.72. The largest absolute Gasteiger partial charge is 0.388 e. The van der Waals surface area contributed by atoms with Crippen LogP contribution in [0.3, 0.4) is 0 Å². The van der Waals surface area contributed by atoms with Crippen LogP contribution in [0.1, 0.15) is 6.42 Å². The Morgan fingerprint density at radius 3 is 2.16 bits per heavy atom. The van der Waals surface area contributed by atoms with E-state index in [2.05, 4.69) is 10.0 Å². The fourth-order valence-electron chi connectivity index (χ4n) is 1.36. The Bertz CT molecular complexity index is 609. The average molecular weight is 307 g/mol. The zero-order valence-corrected chi connectivity index (χ0v) is 12.1. The Morgan fingerprint density at radius 2 is 1.68 bits per heavy atom. The van der Waals surface area contributed by atoms with E-state index in [0.717, 1.165) is 5.69 Å². The lowest BCUT2D eigenvalue weighted by Crippen LogP contribution is -2.27. The number of nitrogens with two attached hydrogens (primary N) is 1. The highest BCUT2D eigenvalue weighted by Gasteiger charge is 2.13. The van der Waals surface area contributed by atoms with Gasteiger partial charge in [-0.25, -0.2) is 26.7 Å². The molecule has 0 aromatic heterocycles. The summed E-state index contributed by atoms with van der Waals surface area (Å²) >= 11 is 0. The summed E-state index contributed by atoms with van der Waals surface area (Å²) in [6.45, 7) is 0.0204. The number of rotatable bonds is 7. The Balaban J connectivity index is 2.60. The van der Waals surface area contributed by atoms with E-state index < -0.39 is 20.0 Å². The molecule has 0 bridgehead atoms. The number of sulfonamides is 2. The van der Waals surface area contributed by atoms with Crippen molar-refractivity contribution in [3.05, 3.63) is 24.3 Å². The fraction of sp³-hybridized carbons (Fsp3) is 0.400. The monoisotopic (exact) mass is 307 g/mol. The van der Waals surface area contributed by atoms with Gasteiger partial charge in [-0.1, -0.05) is 0 Å². The van der Waals surface area contributed by atoms with Crippen molar-refractivity contribution in [3.8, 4) is 0 Å². The first-order valence-electron chi connectivity index (χ1n) is 5.52. The van der Waals surface area contributed by atoms with Gasteiger partial charge >= 0.3 is 0 Å². The third kappa shape index (κ3) is 5.55. The second kappa shape index (κ2) is 6.33. The minimum atomic E-state index is -3.62. The number of benzene rings is 1. The van der Waals surface area contributed by atoms with Gasteiger partial charge in [0.15, 0.2) is 0 Å². The van der Waals surface area contributed by atoms with Gasteiger partial charge in [0.1, 0.15) is 0 Å². The predicted octanol–water partition coefficient (Wildman–Crippen LogP) is -0.315. The van der Waals surface area contributed by atoms with Crippen molar-refractivity contribution < 1.29 is 16.8 Å². The summed E-state index contributed by atoms with van der Waals surface area (Å²) in [6, 6.07) is 6.21. The quantitative estimate of drug-likeness (QED) is 0.597. The van der Waals surface area contributed by atoms with Gasteiger partial charge in [-0.2, -0.15) is 0 Å². The van der Waals surface area contributed by atoms with Crippen LogP contribution in [-0.2, 0) is 20.0 Å². The molecule has 0 aliphatic heterocycles. The Morgan fingerprint density at radius 1 is 1.11 bits per heavy atom. The van der Waals surface area contributed by atoms with Crippen molar-refractivity contribution in [2.45, 2.75) is 11.3 Å². The molecule has 108 valence electrons. The van der Waals surface area contributed by atoms with Crippen molar-refractivity contribution in [1.29, 1.82) is 0 Å². The minimum Gasteiger partial charge on any atom is -0.388 e. The number of primary sulfonamides is 1. The molecule has 0 aliphatic rings. The normalized spacial score (nSPS) is 12.3. The lowest BCUT2D eigenvalue weighted by Gasteiger charge is -2.07. The van der Waals surface area contributed by atoms with E-state index in [4.69, 9.17) is 5.14 Å². The second-order valence-corrected chi connectivity index (χ2v) is 7.39. The topological polar surface area (TPSA) is 118 Å². The van der Waals surface area contributed by atoms with Crippen LogP contribution in [-0.4, -0.2) is 36.2 Å². The van der Waals surface area contributed by atoms with Gasteiger partial charge in [-0.3, -0.25) is 0 Å². The molecule has 0 saturated carbocycles. The van der Waals surface area contributed by atoms with Crippen LogP contribution in [0.15, 0.2) is 29.2 Å². The zero-order valence-electron chi connectivity index (χ0n) is 10.5. The molecular formula is C10H17N3O4S2. The standard InChI is InChI=1S/C10H17N3O4S2/c1-12-9-3-5-10(6-4-9)19(16,17)13-7-2-8-18(11,14)15/h3-6,12-13H,2,7-8H2,1H3,(H2,11,14,15). The molecule has 0 radical (unpaired) electrons. The average Bonchev–Trinajstić information content (AvgIpc) is 2.34. The summed E-state index contributed by atoms with van der Waals surface area (Å²) in [5.41, 5.74) is 0.799.